The number of carbonyl (C=O) groups excluding carboxylic acids is 2. The molecule has 3 aromatic carbocycles. The third kappa shape index (κ3) is 7.50. The van der Waals surface area contributed by atoms with Gasteiger partial charge in [-0.3, -0.25) is 19.6 Å². The Morgan fingerprint density at radius 3 is 2.06 bits per heavy atom. The van der Waals surface area contributed by atoms with E-state index in [0.29, 0.717) is 78.6 Å². The molecule has 6 rings (SSSR count). The van der Waals surface area contributed by atoms with Crippen molar-refractivity contribution in [3.05, 3.63) is 93.0 Å². The molecule has 0 saturated carbocycles. The first-order chi connectivity index (χ1) is 24.0. The number of carbonyl (C=O) groups is 2. The Morgan fingerprint density at radius 1 is 0.880 bits per heavy atom. The molecule has 3 aliphatic heterocycles. The molecule has 0 aromatic heterocycles. The number of amides is 3. The predicted molar refractivity (Wildman–Crippen MR) is 194 cm³/mol. The maximum Gasteiger partial charge on any atom is 0.326 e. The maximum absolute atomic E-state index is 14.9. The maximum atomic E-state index is 14.9. The molecule has 0 radical (unpaired) electrons. The third-order valence-electron chi connectivity index (χ3n) is 9.47. The number of primary amides is 1. The van der Waals surface area contributed by atoms with Crippen LogP contribution in [0.25, 0.3) is 0 Å². The highest BCUT2D eigenvalue weighted by molar-refractivity contribution is 7.89. The summed E-state index contributed by atoms with van der Waals surface area (Å²) in [6.07, 6.45) is 2.59. The van der Waals surface area contributed by atoms with E-state index in [9.17, 15) is 18.0 Å². The first-order valence-electron chi connectivity index (χ1n) is 16.9. The highest BCUT2D eigenvalue weighted by Crippen LogP contribution is 2.46. The molecule has 2 N–H and O–H groups in total. The number of sulfonamides is 1. The Kier molecular flexibility index (Phi) is 11.0. The lowest BCUT2D eigenvalue weighted by atomic mass is 9.93. The fourth-order valence-corrected chi connectivity index (χ4v) is 8.96. The topological polar surface area (TPSA) is 129 Å². The van der Waals surface area contributed by atoms with Gasteiger partial charge in [0, 0.05) is 49.3 Å². The Morgan fingerprint density at radius 2 is 1.48 bits per heavy atom. The van der Waals surface area contributed by atoms with Crippen molar-refractivity contribution in [3.8, 4) is 5.75 Å². The molecule has 266 valence electrons. The molecular formula is C36H42Cl2N6O5S. The number of halogens is 2. The van der Waals surface area contributed by atoms with Gasteiger partial charge in [0.05, 0.1) is 29.7 Å². The van der Waals surface area contributed by atoms with E-state index in [1.165, 1.54) is 0 Å². The zero-order valence-corrected chi connectivity index (χ0v) is 30.6. The monoisotopic (exact) mass is 740 g/mol. The number of ether oxygens (including phenoxy) is 1. The van der Waals surface area contributed by atoms with Crippen molar-refractivity contribution in [3.63, 3.8) is 0 Å². The first kappa shape index (κ1) is 36.1. The van der Waals surface area contributed by atoms with Crippen molar-refractivity contribution >= 4 is 51.0 Å². The molecule has 3 aromatic rings. The Bertz CT molecular complexity index is 1860. The third-order valence-corrected chi connectivity index (χ3v) is 12.0. The second-order valence-corrected chi connectivity index (χ2v) is 15.6. The largest absolute Gasteiger partial charge is 0.493 e. The molecule has 11 nitrogen and oxygen atoms in total. The molecule has 0 bridgehead atoms. The van der Waals surface area contributed by atoms with E-state index in [-0.39, 0.29) is 17.5 Å². The Labute approximate surface area is 303 Å². The molecule has 2 fully saturated rings. The van der Waals surface area contributed by atoms with Crippen LogP contribution < -0.4 is 10.5 Å². The molecule has 0 unspecified atom stereocenters. The van der Waals surface area contributed by atoms with Crippen LogP contribution in [0, 0.1) is 6.92 Å². The van der Waals surface area contributed by atoms with E-state index in [1.807, 2.05) is 36.1 Å². The van der Waals surface area contributed by atoms with E-state index in [1.54, 1.807) is 57.4 Å². The van der Waals surface area contributed by atoms with E-state index < -0.39 is 28.0 Å². The molecule has 50 heavy (non-hydrogen) atoms. The number of aliphatic imine (C=N–C) groups is 1. The van der Waals surface area contributed by atoms with Crippen molar-refractivity contribution in [2.45, 2.75) is 50.1 Å². The van der Waals surface area contributed by atoms with Gasteiger partial charge in [-0.25, -0.2) is 13.2 Å². The highest BCUT2D eigenvalue weighted by Gasteiger charge is 2.45. The Balaban J connectivity index is 1.52. The number of piperazine rings is 1. The summed E-state index contributed by atoms with van der Waals surface area (Å²) in [4.78, 5) is 37.3. The first-order valence-corrected chi connectivity index (χ1v) is 19.1. The predicted octanol–water partition coefficient (Wildman–Crippen LogP) is 5.64. The van der Waals surface area contributed by atoms with Crippen LogP contribution in [-0.2, 0) is 14.8 Å². The van der Waals surface area contributed by atoms with Crippen molar-refractivity contribution in [2.75, 3.05) is 52.4 Å². The van der Waals surface area contributed by atoms with E-state index in [2.05, 4.69) is 0 Å². The van der Waals surface area contributed by atoms with Crippen LogP contribution in [0.2, 0.25) is 10.0 Å². The standard InChI is InChI=1S/C36H42Cl2N6O5S/c1-3-49-30-21-24(2)31(50(47,48)43-15-5-4-6-16-43)22-29(30)35-40-33(25-7-11-27(37)12-8-25)34(26-9-13-28(38)14-10-26)44(35)36(46)42-19-17-41(18-20-42)23-32(39)45/h7-14,21-22,33-34H,3-6,15-20,23H2,1-2H3,(H2,39,45)/t33-,34+/m0/s1. The summed E-state index contributed by atoms with van der Waals surface area (Å²) in [5.41, 5.74) is 8.02. The van der Waals surface area contributed by atoms with Gasteiger partial charge in [0.2, 0.25) is 15.9 Å². The molecular weight excluding hydrogens is 699 g/mol. The van der Waals surface area contributed by atoms with Crippen molar-refractivity contribution in [2.24, 2.45) is 10.7 Å². The molecule has 0 spiro atoms. The average Bonchev–Trinajstić information content (AvgIpc) is 3.49. The summed E-state index contributed by atoms with van der Waals surface area (Å²) in [5.74, 6) is 0.301. The van der Waals surface area contributed by atoms with Crippen LogP contribution in [0.15, 0.2) is 70.6 Å². The van der Waals surface area contributed by atoms with Crippen molar-refractivity contribution in [1.82, 2.24) is 19.0 Å². The Hall–Kier alpha value is -3.68. The number of hydrogen-bond acceptors (Lipinski definition) is 7. The van der Waals surface area contributed by atoms with Gasteiger partial charge in [-0.2, -0.15) is 4.31 Å². The summed E-state index contributed by atoms with van der Waals surface area (Å²) in [5, 5.41) is 1.11. The number of nitrogens with zero attached hydrogens (tertiary/aromatic N) is 5. The van der Waals surface area contributed by atoms with Crippen LogP contribution in [0.5, 0.6) is 5.75 Å². The van der Waals surface area contributed by atoms with Gasteiger partial charge < -0.3 is 15.4 Å². The minimum Gasteiger partial charge on any atom is -0.493 e. The van der Waals surface area contributed by atoms with Gasteiger partial charge in [0.1, 0.15) is 17.6 Å². The minimum absolute atomic E-state index is 0.111. The van der Waals surface area contributed by atoms with Crippen molar-refractivity contribution < 1.29 is 22.7 Å². The summed E-state index contributed by atoms with van der Waals surface area (Å²) >= 11 is 12.6. The zero-order chi connectivity index (χ0) is 35.6. The van der Waals surface area contributed by atoms with Gasteiger partial charge in [-0.1, -0.05) is 53.9 Å². The zero-order valence-electron chi connectivity index (χ0n) is 28.2. The van der Waals surface area contributed by atoms with Crippen LogP contribution >= 0.6 is 23.2 Å². The second-order valence-electron chi connectivity index (χ2n) is 12.8. The van der Waals surface area contributed by atoms with Gasteiger partial charge >= 0.3 is 6.03 Å². The summed E-state index contributed by atoms with van der Waals surface area (Å²) in [6, 6.07) is 16.5. The SMILES string of the molecule is CCOc1cc(C)c(S(=O)(=O)N2CCCCC2)cc1C1=N[C@@H](c2ccc(Cl)cc2)[C@@H](c2ccc(Cl)cc2)N1C(=O)N1CCN(CC(N)=O)CC1. The minimum atomic E-state index is -3.86. The van der Waals surface area contributed by atoms with Gasteiger partial charge in [0.15, 0.2) is 0 Å². The molecule has 14 heteroatoms. The average molecular weight is 742 g/mol. The lowest BCUT2D eigenvalue weighted by Gasteiger charge is -2.39. The molecule has 3 amide bonds. The number of hydrogen-bond donors (Lipinski definition) is 1. The lowest BCUT2D eigenvalue weighted by Crippen LogP contribution is -2.55. The normalized spacial score (nSPS) is 20.5. The fraction of sp³-hybridized carbons (Fsp3) is 0.417. The van der Waals surface area contributed by atoms with E-state index in [4.69, 9.17) is 38.7 Å². The molecule has 0 aliphatic carbocycles. The van der Waals surface area contributed by atoms with Gasteiger partial charge in [-0.05, 0) is 79.8 Å². The number of amidine groups is 1. The fourth-order valence-electron chi connectivity index (χ4n) is 6.96. The molecule has 3 heterocycles. The number of rotatable bonds is 9. The molecule has 2 atom stereocenters. The number of urea groups is 1. The van der Waals surface area contributed by atoms with Crippen LogP contribution in [0.4, 0.5) is 4.79 Å². The van der Waals surface area contributed by atoms with Gasteiger partial charge in [-0.15, -0.1) is 0 Å². The summed E-state index contributed by atoms with van der Waals surface area (Å²) < 4.78 is 36.0. The molecule has 3 aliphatic rings. The second kappa shape index (κ2) is 15.3. The summed E-state index contributed by atoms with van der Waals surface area (Å²) in [7, 11) is -3.86. The number of piperidine rings is 1. The highest BCUT2D eigenvalue weighted by atomic mass is 35.5. The van der Waals surface area contributed by atoms with Crippen LogP contribution in [0.1, 0.15) is 60.5 Å². The smallest absolute Gasteiger partial charge is 0.326 e. The van der Waals surface area contributed by atoms with E-state index in [0.717, 1.165) is 30.4 Å². The van der Waals surface area contributed by atoms with Crippen LogP contribution in [-0.4, -0.2) is 97.6 Å². The number of nitrogens with two attached hydrogens (primary N) is 1. The van der Waals surface area contributed by atoms with Gasteiger partial charge in [0.25, 0.3) is 0 Å². The lowest BCUT2D eigenvalue weighted by molar-refractivity contribution is -0.119. The van der Waals surface area contributed by atoms with Crippen LogP contribution in [0.3, 0.4) is 0 Å². The summed E-state index contributed by atoms with van der Waals surface area (Å²) in [6.45, 7) is 6.60. The van der Waals surface area contributed by atoms with E-state index >= 15 is 0 Å². The number of benzene rings is 3. The van der Waals surface area contributed by atoms with Crippen molar-refractivity contribution in [1.29, 1.82) is 0 Å². The number of aryl methyl sites for hydroxylation is 1. The quantitative estimate of drug-likeness (QED) is 0.302. The molecule has 2 saturated heterocycles.